The van der Waals surface area contributed by atoms with Crippen molar-refractivity contribution in [3.05, 3.63) is 59.7 Å². The molecular formula is C15H14O4S. The van der Waals surface area contributed by atoms with Gasteiger partial charge in [0.1, 0.15) is 10.6 Å². The molecule has 0 radical (unpaired) electrons. The second-order valence-electron chi connectivity index (χ2n) is 4.38. The van der Waals surface area contributed by atoms with Crippen LogP contribution in [0.5, 0.6) is 5.75 Å². The lowest BCUT2D eigenvalue weighted by atomic mass is 10.1. The molecule has 104 valence electrons. The van der Waals surface area contributed by atoms with E-state index >= 15 is 0 Å². The van der Waals surface area contributed by atoms with E-state index in [1.54, 1.807) is 43.3 Å². The number of Topliss-reactive ketones (excluding diaryl/α,β-unsaturated/α-hetero) is 1. The Balaban J connectivity index is 2.40. The maximum atomic E-state index is 12.2. The summed E-state index contributed by atoms with van der Waals surface area (Å²) in [6, 6.07) is 12.6. The van der Waals surface area contributed by atoms with E-state index in [2.05, 4.69) is 0 Å². The average molecular weight is 290 g/mol. The van der Waals surface area contributed by atoms with Gasteiger partial charge in [-0.1, -0.05) is 24.3 Å². The van der Waals surface area contributed by atoms with Gasteiger partial charge in [0.25, 0.3) is 0 Å². The Morgan fingerprint density at radius 2 is 1.70 bits per heavy atom. The van der Waals surface area contributed by atoms with E-state index in [4.69, 9.17) is 4.18 Å². The Labute approximate surface area is 118 Å². The monoisotopic (exact) mass is 290 g/mol. The first-order valence-corrected chi connectivity index (χ1v) is 7.42. The molecule has 0 N–H and O–H groups in total. The van der Waals surface area contributed by atoms with Gasteiger partial charge in [-0.05, 0) is 43.7 Å². The number of aryl methyl sites for hydroxylation is 1. The van der Waals surface area contributed by atoms with Gasteiger partial charge in [-0.3, -0.25) is 4.79 Å². The van der Waals surface area contributed by atoms with Crippen molar-refractivity contribution in [2.75, 3.05) is 0 Å². The molecule has 0 aromatic heterocycles. The van der Waals surface area contributed by atoms with Crippen LogP contribution in [-0.2, 0) is 10.1 Å². The van der Waals surface area contributed by atoms with Gasteiger partial charge in [0.2, 0.25) is 0 Å². The highest BCUT2D eigenvalue weighted by molar-refractivity contribution is 7.87. The van der Waals surface area contributed by atoms with Crippen molar-refractivity contribution in [2.45, 2.75) is 18.7 Å². The van der Waals surface area contributed by atoms with Gasteiger partial charge in [-0.25, -0.2) is 0 Å². The van der Waals surface area contributed by atoms with Crippen LogP contribution in [0.25, 0.3) is 0 Å². The van der Waals surface area contributed by atoms with Crippen molar-refractivity contribution in [2.24, 2.45) is 0 Å². The third-order valence-electron chi connectivity index (χ3n) is 2.83. The lowest BCUT2D eigenvalue weighted by molar-refractivity contribution is 0.101. The van der Waals surface area contributed by atoms with E-state index in [-0.39, 0.29) is 16.4 Å². The molecule has 0 bridgehead atoms. The van der Waals surface area contributed by atoms with Crippen LogP contribution in [0.15, 0.2) is 53.4 Å². The minimum Gasteiger partial charge on any atom is -0.379 e. The Bertz CT molecular complexity index is 734. The topological polar surface area (TPSA) is 60.4 Å². The third kappa shape index (κ3) is 3.05. The van der Waals surface area contributed by atoms with Gasteiger partial charge in [0.15, 0.2) is 5.78 Å². The van der Waals surface area contributed by atoms with Crippen LogP contribution in [-0.4, -0.2) is 14.2 Å². The molecule has 2 rings (SSSR count). The predicted molar refractivity (Wildman–Crippen MR) is 75.4 cm³/mol. The fraction of sp³-hybridized carbons (Fsp3) is 0.133. The third-order valence-corrected chi connectivity index (χ3v) is 4.07. The van der Waals surface area contributed by atoms with Crippen molar-refractivity contribution in [1.29, 1.82) is 0 Å². The summed E-state index contributed by atoms with van der Waals surface area (Å²) in [5, 5.41) is 0. The number of carbonyl (C=O) groups is 1. The Morgan fingerprint density at radius 3 is 2.30 bits per heavy atom. The van der Waals surface area contributed by atoms with Crippen molar-refractivity contribution in [3.63, 3.8) is 0 Å². The highest BCUT2D eigenvalue weighted by Gasteiger charge is 2.18. The van der Waals surface area contributed by atoms with Gasteiger partial charge in [0.05, 0.1) is 0 Å². The molecular weight excluding hydrogens is 276 g/mol. The normalized spacial score (nSPS) is 11.1. The maximum Gasteiger partial charge on any atom is 0.339 e. The Hall–Kier alpha value is -2.14. The van der Waals surface area contributed by atoms with E-state index in [9.17, 15) is 13.2 Å². The van der Waals surface area contributed by atoms with Crippen LogP contribution in [0, 0.1) is 6.92 Å². The van der Waals surface area contributed by atoms with Crippen molar-refractivity contribution in [1.82, 2.24) is 0 Å². The van der Waals surface area contributed by atoms with Crippen LogP contribution < -0.4 is 4.18 Å². The lowest BCUT2D eigenvalue weighted by Gasteiger charge is -2.09. The van der Waals surface area contributed by atoms with Crippen LogP contribution >= 0.6 is 0 Å². The fourth-order valence-corrected chi connectivity index (χ4v) is 2.74. The zero-order valence-electron chi connectivity index (χ0n) is 11.2. The zero-order valence-corrected chi connectivity index (χ0v) is 12.0. The summed E-state index contributed by atoms with van der Waals surface area (Å²) in [7, 11) is -3.94. The molecule has 2 aromatic rings. The first-order chi connectivity index (χ1) is 9.40. The summed E-state index contributed by atoms with van der Waals surface area (Å²) >= 11 is 0. The quantitative estimate of drug-likeness (QED) is 0.641. The molecule has 4 nitrogen and oxygen atoms in total. The lowest BCUT2D eigenvalue weighted by Crippen LogP contribution is -2.11. The van der Waals surface area contributed by atoms with E-state index in [0.29, 0.717) is 5.56 Å². The van der Waals surface area contributed by atoms with Crippen LogP contribution in [0.1, 0.15) is 22.8 Å². The summed E-state index contributed by atoms with van der Waals surface area (Å²) in [5.41, 5.74) is 1.11. The number of hydrogen-bond donors (Lipinski definition) is 0. The maximum absolute atomic E-state index is 12.2. The number of carbonyl (C=O) groups excluding carboxylic acids is 1. The number of benzene rings is 2. The highest BCUT2D eigenvalue weighted by Crippen LogP contribution is 2.21. The number of para-hydroxylation sites is 1. The molecule has 0 aliphatic heterocycles. The van der Waals surface area contributed by atoms with Gasteiger partial charge >= 0.3 is 10.1 Å². The fourth-order valence-electron chi connectivity index (χ4n) is 1.79. The molecule has 2 aromatic carbocycles. The van der Waals surface area contributed by atoms with Gasteiger partial charge in [-0.15, -0.1) is 0 Å². The van der Waals surface area contributed by atoms with Crippen molar-refractivity contribution < 1.29 is 17.4 Å². The molecule has 20 heavy (non-hydrogen) atoms. The molecule has 5 heteroatoms. The van der Waals surface area contributed by atoms with Crippen molar-refractivity contribution in [3.8, 4) is 5.75 Å². The molecule has 0 aliphatic rings. The predicted octanol–water partition coefficient (Wildman–Crippen LogP) is 2.97. The largest absolute Gasteiger partial charge is 0.379 e. The first kappa shape index (κ1) is 14.3. The minimum absolute atomic E-state index is 0.0304. The van der Waals surface area contributed by atoms with E-state index in [1.807, 2.05) is 0 Å². The molecule has 0 aliphatic carbocycles. The average Bonchev–Trinajstić information content (AvgIpc) is 2.39. The van der Waals surface area contributed by atoms with Gasteiger partial charge < -0.3 is 4.18 Å². The summed E-state index contributed by atoms with van der Waals surface area (Å²) in [6.45, 7) is 3.15. The number of rotatable bonds is 4. The standard InChI is InChI=1S/C15H14O4S/c1-11-8-9-14(10-15(11)12(2)16)20(17,18)19-13-6-4-3-5-7-13/h3-10H,1-2H3. The Morgan fingerprint density at radius 1 is 1.05 bits per heavy atom. The molecule has 0 heterocycles. The Kier molecular flexibility index (Phi) is 3.90. The van der Waals surface area contributed by atoms with Gasteiger partial charge in [0, 0.05) is 5.56 Å². The first-order valence-electron chi connectivity index (χ1n) is 6.01. The minimum atomic E-state index is -3.94. The van der Waals surface area contributed by atoms with Crippen LogP contribution in [0.3, 0.4) is 0 Å². The van der Waals surface area contributed by atoms with Gasteiger partial charge in [-0.2, -0.15) is 8.42 Å². The summed E-state index contributed by atoms with van der Waals surface area (Å²) in [5.74, 6) is 0.0525. The number of hydrogen-bond acceptors (Lipinski definition) is 4. The zero-order chi connectivity index (χ0) is 14.8. The molecule has 0 spiro atoms. The summed E-state index contributed by atoms with van der Waals surface area (Å²) < 4.78 is 29.3. The van der Waals surface area contributed by atoms with E-state index in [0.717, 1.165) is 5.56 Å². The molecule has 0 amide bonds. The number of ketones is 1. The second-order valence-corrected chi connectivity index (χ2v) is 5.93. The molecule has 0 atom stereocenters. The van der Waals surface area contributed by atoms with Crippen LogP contribution in [0.4, 0.5) is 0 Å². The summed E-state index contributed by atoms with van der Waals surface area (Å²) in [6.07, 6.45) is 0. The molecule has 0 saturated carbocycles. The van der Waals surface area contributed by atoms with E-state index in [1.165, 1.54) is 19.1 Å². The van der Waals surface area contributed by atoms with Crippen molar-refractivity contribution >= 4 is 15.9 Å². The smallest absolute Gasteiger partial charge is 0.339 e. The summed E-state index contributed by atoms with van der Waals surface area (Å²) in [4.78, 5) is 11.4. The molecule has 0 fully saturated rings. The highest BCUT2D eigenvalue weighted by atomic mass is 32.2. The molecule has 0 unspecified atom stereocenters. The SMILES string of the molecule is CC(=O)c1cc(S(=O)(=O)Oc2ccccc2)ccc1C. The molecule has 0 saturated heterocycles. The second kappa shape index (κ2) is 5.46. The van der Waals surface area contributed by atoms with E-state index < -0.39 is 10.1 Å². The van der Waals surface area contributed by atoms with Crippen LogP contribution in [0.2, 0.25) is 0 Å².